The highest BCUT2D eigenvalue weighted by Crippen LogP contribution is 2.01. The number of carboxylic acids is 1. The Balaban J connectivity index is 4.56. The van der Waals surface area contributed by atoms with E-state index in [1.165, 1.54) is 0 Å². The molecule has 3 N–H and O–H groups in total. The first-order valence-corrected chi connectivity index (χ1v) is 5.74. The van der Waals surface area contributed by atoms with Crippen molar-refractivity contribution >= 4 is 16.0 Å². The molecule has 84 valence electrons. The van der Waals surface area contributed by atoms with E-state index in [9.17, 15) is 13.2 Å². The summed E-state index contributed by atoms with van der Waals surface area (Å²) in [5.74, 6) is -1.41. The number of aliphatic hydroxyl groups is 1. The van der Waals surface area contributed by atoms with Crippen molar-refractivity contribution < 1.29 is 23.4 Å². The monoisotopic (exact) mass is 225 g/mol. The van der Waals surface area contributed by atoms with E-state index >= 15 is 0 Å². The summed E-state index contributed by atoms with van der Waals surface area (Å²) in [7, 11) is -3.89. The zero-order chi connectivity index (χ0) is 11.4. The van der Waals surface area contributed by atoms with Gasteiger partial charge in [0.05, 0.1) is 6.61 Å². The molecule has 0 radical (unpaired) electrons. The summed E-state index contributed by atoms with van der Waals surface area (Å²) in [6.45, 7) is 2.42. The lowest BCUT2D eigenvalue weighted by Crippen LogP contribution is -2.44. The smallest absolute Gasteiger partial charge is 0.323 e. The van der Waals surface area contributed by atoms with Crippen LogP contribution in [0, 0.1) is 0 Å². The average molecular weight is 225 g/mol. The lowest BCUT2D eigenvalue weighted by atomic mass is 10.3. The molecule has 0 heterocycles. The highest BCUT2D eigenvalue weighted by Gasteiger charge is 2.29. The van der Waals surface area contributed by atoms with Crippen LogP contribution in [0.15, 0.2) is 0 Å². The second kappa shape index (κ2) is 5.28. The molecule has 0 aromatic rings. The molecule has 0 aliphatic rings. The summed E-state index contributed by atoms with van der Waals surface area (Å²) in [4.78, 5) is 10.4. The van der Waals surface area contributed by atoms with Crippen molar-refractivity contribution in [1.29, 1.82) is 0 Å². The molecule has 0 aromatic carbocycles. The maximum Gasteiger partial charge on any atom is 0.323 e. The number of hydrogen-bond donors (Lipinski definition) is 3. The summed E-state index contributed by atoms with van der Waals surface area (Å²) in [5, 5.41) is 15.7. The number of nitrogens with one attached hydrogen (secondary N) is 1. The fraction of sp³-hybridized carbons (Fsp3) is 0.857. The van der Waals surface area contributed by atoms with Crippen molar-refractivity contribution in [2.24, 2.45) is 0 Å². The van der Waals surface area contributed by atoms with Crippen LogP contribution < -0.4 is 4.72 Å². The van der Waals surface area contributed by atoms with Gasteiger partial charge in [-0.05, 0) is 13.3 Å². The van der Waals surface area contributed by atoms with E-state index in [-0.39, 0.29) is 6.61 Å². The summed E-state index contributed by atoms with van der Waals surface area (Å²) >= 11 is 0. The minimum Gasteiger partial charge on any atom is -0.480 e. The van der Waals surface area contributed by atoms with Crippen LogP contribution in [0.3, 0.4) is 0 Å². The van der Waals surface area contributed by atoms with Crippen molar-refractivity contribution in [3.05, 3.63) is 0 Å². The molecule has 0 saturated heterocycles. The third kappa shape index (κ3) is 3.60. The van der Waals surface area contributed by atoms with E-state index in [1.807, 2.05) is 0 Å². The van der Waals surface area contributed by atoms with Gasteiger partial charge in [-0.2, -0.15) is 0 Å². The minimum atomic E-state index is -3.89. The van der Waals surface area contributed by atoms with Crippen molar-refractivity contribution in [2.45, 2.75) is 31.6 Å². The second-order valence-electron chi connectivity index (χ2n) is 2.93. The van der Waals surface area contributed by atoms with Crippen LogP contribution in [0.2, 0.25) is 0 Å². The molecule has 0 aliphatic heterocycles. The number of aliphatic hydroxyl groups excluding tert-OH is 1. The normalized spacial score (nSPS) is 16.2. The maximum atomic E-state index is 11.3. The van der Waals surface area contributed by atoms with Gasteiger partial charge in [-0.15, -0.1) is 0 Å². The molecular formula is C7H15NO5S. The van der Waals surface area contributed by atoms with Crippen molar-refractivity contribution in [2.75, 3.05) is 6.61 Å². The Morgan fingerprint density at radius 1 is 1.50 bits per heavy atom. The average Bonchev–Trinajstić information content (AvgIpc) is 2.12. The number of rotatable bonds is 6. The molecule has 0 amide bonds. The van der Waals surface area contributed by atoms with E-state index in [4.69, 9.17) is 10.2 Å². The van der Waals surface area contributed by atoms with Gasteiger partial charge >= 0.3 is 5.97 Å². The molecule has 2 atom stereocenters. The first-order valence-electron chi connectivity index (χ1n) is 4.20. The highest BCUT2D eigenvalue weighted by molar-refractivity contribution is 7.90. The highest BCUT2D eigenvalue weighted by atomic mass is 32.2. The third-order valence-corrected chi connectivity index (χ3v) is 3.65. The van der Waals surface area contributed by atoms with Gasteiger partial charge in [0.15, 0.2) is 5.25 Å². The predicted octanol–water partition coefficient (Wildman–Crippen LogP) is -0.850. The van der Waals surface area contributed by atoms with Crippen LogP contribution in [0.25, 0.3) is 0 Å². The third-order valence-electron chi connectivity index (χ3n) is 1.86. The Kier molecular flexibility index (Phi) is 5.03. The van der Waals surface area contributed by atoms with Crippen LogP contribution in [-0.4, -0.2) is 42.5 Å². The van der Waals surface area contributed by atoms with E-state index in [0.717, 1.165) is 6.92 Å². The largest absolute Gasteiger partial charge is 0.480 e. The molecule has 14 heavy (non-hydrogen) atoms. The molecule has 7 heteroatoms. The topological polar surface area (TPSA) is 104 Å². The van der Waals surface area contributed by atoms with Crippen molar-refractivity contribution in [3.8, 4) is 0 Å². The Hall–Kier alpha value is -0.660. The zero-order valence-corrected chi connectivity index (χ0v) is 8.91. The van der Waals surface area contributed by atoms with Gasteiger partial charge in [0.25, 0.3) is 0 Å². The maximum absolute atomic E-state index is 11.3. The minimum absolute atomic E-state index is 0.345. The lowest BCUT2D eigenvalue weighted by molar-refractivity contribution is -0.136. The molecule has 0 fully saturated rings. The van der Waals surface area contributed by atoms with Gasteiger partial charge in [0.1, 0.15) is 0 Å². The SMILES string of the molecule is CC[C@@H](CO)NS(=O)(=O)C(C)C(=O)O. The van der Waals surface area contributed by atoms with Gasteiger partial charge in [0, 0.05) is 6.04 Å². The van der Waals surface area contributed by atoms with E-state index < -0.39 is 27.3 Å². The number of carbonyl (C=O) groups is 1. The summed E-state index contributed by atoms with van der Waals surface area (Å²) in [5.41, 5.74) is 0. The molecule has 1 unspecified atom stereocenters. The van der Waals surface area contributed by atoms with Gasteiger partial charge in [-0.25, -0.2) is 13.1 Å². The zero-order valence-electron chi connectivity index (χ0n) is 8.10. The Morgan fingerprint density at radius 2 is 2.00 bits per heavy atom. The van der Waals surface area contributed by atoms with Gasteiger partial charge in [-0.3, -0.25) is 4.79 Å². The van der Waals surface area contributed by atoms with Gasteiger partial charge < -0.3 is 10.2 Å². The molecule has 0 aromatic heterocycles. The number of sulfonamides is 1. The van der Waals surface area contributed by atoms with E-state index in [1.54, 1.807) is 6.92 Å². The first-order chi connectivity index (χ1) is 6.35. The Labute approximate surface area is 83.0 Å². The standard InChI is InChI=1S/C7H15NO5S/c1-3-6(4-9)8-14(12,13)5(2)7(10)11/h5-6,8-9H,3-4H2,1-2H3,(H,10,11)/t5?,6-/m0/s1. The predicted molar refractivity (Wildman–Crippen MR) is 50.3 cm³/mol. The van der Waals surface area contributed by atoms with Crippen molar-refractivity contribution in [1.82, 2.24) is 4.72 Å². The van der Waals surface area contributed by atoms with Crippen LogP contribution >= 0.6 is 0 Å². The Bertz CT molecular complexity index is 282. The number of hydrogen-bond acceptors (Lipinski definition) is 4. The molecule has 0 bridgehead atoms. The van der Waals surface area contributed by atoms with E-state index in [2.05, 4.69) is 4.72 Å². The fourth-order valence-electron chi connectivity index (χ4n) is 0.717. The molecule has 0 rings (SSSR count). The second-order valence-corrected chi connectivity index (χ2v) is 4.96. The fourth-order valence-corrected chi connectivity index (χ4v) is 1.89. The molecule has 0 aliphatic carbocycles. The van der Waals surface area contributed by atoms with Crippen LogP contribution in [0.5, 0.6) is 0 Å². The van der Waals surface area contributed by atoms with Gasteiger partial charge in [0.2, 0.25) is 10.0 Å². The quantitative estimate of drug-likeness (QED) is 0.546. The van der Waals surface area contributed by atoms with Crippen LogP contribution in [0.4, 0.5) is 0 Å². The van der Waals surface area contributed by atoms with E-state index in [0.29, 0.717) is 6.42 Å². The Morgan fingerprint density at radius 3 is 2.29 bits per heavy atom. The van der Waals surface area contributed by atoms with Gasteiger partial charge in [-0.1, -0.05) is 6.92 Å². The number of carboxylic acid groups (broad SMARTS) is 1. The molecule has 0 spiro atoms. The molecule has 6 nitrogen and oxygen atoms in total. The lowest BCUT2D eigenvalue weighted by Gasteiger charge is -2.16. The molecular weight excluding hydrogens is 210 g/mol. The molecule has 0 saturated carbocycles. The van der Waals surface area contributed by atoms with Crippen molar-refractivity contribution in [3.63, 3.8) is 0 Å². The summed E-state index contributed by atoms with van der Waals surface area (Å²) in [6, 6.07) is -0.623. The summed E-state index contributed by atoms with van der Waals surface area (Å²) in [6.07, 6.45) is 0.405. The van der Waals surface area contributed by atoms with Crippen LogP contribution in [-0.2, 0) is 14.8 Å². The summed E-state index contributed by atoms with van der Waals surface area (Å²) < 4.78 is 24.7. The number of aliphatic carboxylic acids is 1. The van der Waals surface area contributed by atoms with Crippen LogP contribution in [0.1, 0.15) is 20.3 Å². The first kappa shape index (κ1) is 13.3.